The molecule has 0 fully saturated rings. The number of hydrogen-bond donors (Lipinski definition) is 0. The van der Waals surface area contributed by atoms with Crippen molar-refractivity contribution in [2.75, 3.05) is 20.6 Å². The van der Waals surface area contributed by atoms with E-state index in [0.29, 0.717) is 6.42 Å². The van der Waals surface area contributed by atoms with Crippen LogP contribution < -0.4 is 0 Å². The predicted octanol–water partition coefficient (Wildman–Crippen LogP) is 2.50. The van der Waals surface area contributed by atoms with Gasteiger partial charge >= 0.3 is 0 Å². The summed E-state index contributed by atoms with van der Waals surface area (Å²) >= 11 is 0. The van der Waals surface area contributed by atoms with Gasteiger partial charge in [-0.25, -0.2) is 0 Å². The van der Waals surface area contributed by atoms with Gasteiger partial charge in [-0.05, 0) is 26.6 Å². The lowest BCUT2D eigenvalue weighted by atomic mass is 10.2. The molecule has 0 unspecified atom stereocenters. The summed E-state index contributed by atoms with van der Waals surface area (Å²) in [6.07, 6.45) is 5.17. The molecule has 0 saturated carbocycles. The first-order chi connectivity index (χ1) is 6.16. The van der Waals surface area contributed by atoms with Crippen LogP contribution in [-0.2, 0) is 4.79 Å². The Labute approximate surface area is 82.6 Å². The third-order valence-electron chi connectivity index (χ3n) is 1.40. The molecule has 0 aliphatic rings. The van der Waals surface area contributed by atoms with E-state index >= 15 is 0 Å². The van der Waals surface area contributed by atoms with Crippen LogP contribution in [0.1, 0.15) is 33.6 Å². The van der Waals surface area contributed by atoms with E-state index < -0.39 is 0 Å². The average Bonchev–Trinajstić information content (AvgIpc) is 2.15. The van der Waals surface area contributed by atoms with E-state index in [2.05, 4.69) is 4.90 Å². The summed E-state index contributed by atoms with van der Waals surface area (Å²) in [5.41, 5.74) is 0. The van der Waals surface area contributed by atoms with Gasteiger partial charge < -0.3 is 4.90 Å². The number of nitrogens with zero attached hydrogens (tertiary/aromatic N) is 1. The molecular weight excluding hydrogens is 162 g/mol. The van der Waals surface area contributed by atoms with Gasteiger partial charge in [0, 0.05) is 13.0 Å². The van der Waals surface area contributed by atoms with Crippen molar-refractivity contribution in [3.05, 3.63) is 12.2 Å². The molecule has 2 heteroatoms. The molecule has 0 aromatic rings. The minimum atomic E-state index is 0.212. The molecule has 0 bridgehead atoms. The van der Waals surface area contributed by atoms with Crippen LogP contribution >= 0.6 is 0 Å². The van der Waals surface area contributed by atoms with Crippen molar-refractivity contribution in [1.29, 1.82) is 0 Å². The van der Waals surface area contributed by atoms with Crippen LogP contribution in [0.15, 0.2) is 12.2 Å². The Bertz CT molecular complexity index is 139. The molecule has 0 atom stereocenters. The lowest BCUT2D eigenvalue weighted by molar-refractivity contribution is -0.114. The Morgan fingerprint density at radius 1 is 1.31 bits per heavy atom. The molecule has 0 aromatic carbocycles. The summed E-state index contributed by atoms with van der Waals surface area (Å²) in [7, 11) is 4.05. The van der Waals surface area contributed by atoms with Crippen LogP contribution in [0.5, 0.6) is 0 Å². The van der Waals surface area contributed by atoms with E-state index in [4.69, 9.17) is 0 Å². The maximum atomic E-state index is 10.8. The monoisotopic (exact) mass is 185 g/mol. The molecule has 0 aliphatic carbocycles. The largest absolute Gasteiger partial charge is 0.309 e. The molecule has 0 aliphatic heterocycles. The Kier molecular flexibility index (Phi) is 13.0. The molecule has 2 nitrogen and oxygen atoms in total. The maximum Gasteiger partial charge on any atom is 0.155 e. The summed E-state index contributed by atoms with van der Waals surface area (Å²) in [5.74, 6) is 0.212. The smallest absolute Gasteiger partial charge is 0.155 e. The normalized spacial score (nSPS) is 10.0. The van der Waals surface area contributed by atoms with Gasteiger partial charge in [0.2, 0.25) is 0 Å². The van der Waals surface area contributed by atoms with Crippen molar-refractivity contribution in [2.45, 2.75) is 33.6 Å². The number of ketones is 1. The van der Waals surface area contributed by atoms with Gasteiger partial charge in [0.15, 0.2) is 5.78 Å². The zero-order valence-electron chi connectivity index (χ0n) is 9.63. The zero-order valence-corrected chi connectivity index (χ0v) is 9.63. The van der Waals surface area contributed by atoms with Crippen LogP contribution in [0.2, 0.25) is 0 Å². The molecule has 0 rings (SSSR count). The van der Waals surface area contributed by atoms with E-state index in [0.717, 1.165) is 13.0 Å². The molecular formula is C11H23NO. The SMILES string of the molecule is CC.CCC(=O)/C=C/CCN(C)C. The highest BCUT2D eigenvalue weighted by atomic mass is 16.1. The second-order valence-corrected chi connectivity index (χ2v) is 2.81. The zero-order chi connectivity index (χ0) is 10.7. The fourth-order valence-corrected chi connectivity index (χ4v) is 0.665. The highest BCUT2D eigenvalue weighted by molar-refractivity contribution is 5.89. The summed E-state index contributed by atoms with van der Waals surface area (Å²) in [6, 6.07) is 0. The standard InChI is InChI=1S/C9H17NO.C2H6/c1-4-9(11)7-5-6-8-10(2)3;1-2/h5,7H,4,6,8H2,1-3H3;1-2H3/b7-5+;. The minimum absolute atomic E-state index is 0.212. The Morgan fingerprint density at radius 3 is 2.23 bits per heavy atom. The molecule has 78 valence electrons. The minimum Gasteiger partial charge on any atom is -0.309 e. The van der Waals surface area contributed by atoms with Crippen LogP contribution in [0, 0.1) is 0 Å². The van der Waals surface area contributed by atoms with E-state index in [1.165, 1.54) is 0 Å². The number of carbonyl (C=O) groups is 1. The van der Waals surface area contributed by atoms with Crippen molar-refractivity contribution in [3.8, 4) is 0 Å². The number of allylic oxidation sites excluding steroid dienone is 1. The van der Waals surface area contributed by atoms with Crippen LogP contribution in [0.3, 0.4) is 0 Å². The maximum absolute atomic E-state index is 10.8. The second kappa shape index (κ2) is 11.4. The van der Waals surface area contributed by atoms with Gasteiger partial charge in [0.25, 0.3) is 0 Å². The molecule has 0 heterocycles. The molecule has 0 N–H and O–H groups in total. The summed E-state index contributed by atoms with van der Waals surface area (Å²) in [4.78, 5) is 12.9. The predicted molar refractivity (Wildman–Crippen MR) is 59.0 cm³/mol. The molecule has 0 radical (unpaired) electrons. The van der Waals surface area contributed by atoms with Crippen LogP contribution in [0.25, 0.3) is 0 Å². The second-order valence-electron chi connectivity index (χ2n) is 2.81. The molecule has 13 heavy (non-hydrogen) atoms. The quantitative estimate of drug-likeness (QED) is 0.613. The average molecular weight is 185 g/mol. The van der Waals surface area contributed by atoms with E-state index in [-0.39, 0.29) is 5.78 Å². The highest BCUT2D eigenvalue weighted by Crippen LogP contribution is 1.88. The fraction of sp³-hybridized carbons (Fsp3) is 0.727. The van der Waals surface area contributed by atoms with Crippen molar-refractivity contribution in [2.24, 2.45) is 0 Å². The summed E-state index contributed by atoms with van der Waals surface area (Å²) < 4.78 is 0. The van der Waals surface area contributed by atoms with Crippen LogP contribution in [-0.4, -0.2) is 31.3 Å². The first-order valence-corrected chi connectivity index (χ1v) is 5.01. The molecule has 0 aromatic heterocycles. The molecule has 0 saturated heterocycles. The van der Waals surface area contributed by atoms with E-state index in [1.807, 2.05) is 40.9 Å². The Hall–Kier alpha value is -0.630. The highest BCUT2D eigenvalue weighted by Gasteiger charge is 1.89. The molecule has 0 amide bonds. The van der Waals surface area contributed by atoms with Crippen molar-refractivity contribution >= 4 is 5.78 Å². The van der Waals surface area contributed by atoms with Gasteiger partial charge in [0.05, 0.1) is 0 Å². The molecule has 0 spiro atoms. The van der Waals surface area contributed by atoms with Crippen molar-refractivity contribution in [1.82, 2.24) is 4.90 Å². The van der Waals surface area contributed by atoms with E-state index in [1.54, 1.807) is 6.08 Å². The van der Waals surface area contributed by atoms with Gasteiger partial charge in [-0.1, -0.05) is 26.8 Å². The van der Waals surface area contributed by atoms with Gasteiger partial charge in [-0.3, -0.25) is 4.79 Å². The first-order valence-electron chi connectivity index (χ1n) is 5.01. The lowest BCUT2D eigenvalue weighted by Crippen LogP contribution is -2.11. The van der Waals surface area contributed by atoms with E-state index in [9.17, 15) is 4.79 Å². The van der Waals surface area contributed by atoms with Crippen LogP contribution in [0.4, 0.5) is 0 Å². The first kappa shape index (κ1) is 14.9. The third kappa shape index (κ3) is 14.2. The fourth-order valence-electron chi connectivity index (χ4n) is 0.665. The number of carbonyl (C=O) groups excluding carboxylic acids is 1. The van der Waals surface area contributed by atoms with Gasteiger partial charge in [-0.2, -0.15) is 0 Å². The van der Waals surface area contributed by atoms with Gasteiger partial charge in [-0.15, -0.1) is 0 Å². The summed E-state index contributed by atoms with van der Waals surface area (Å²) in [6.45, 7) is 6.88. The lowest BCUT2D eigenvalue weighted by Gasteiger charge is -2.05. The van der Waals surface area contributed by atoms with Crippen molar-refractivity contribution in [3.63, 3.8) is 0 Å². The summed E-state index contributed by atoms with van der Waals surface area (Å²) in [5, 5.41) is 0. The third-order valence-corrected chi connectivity index (χ3v) is 1.40. The topological polar surface area (TPSA) is 20.3 Å². The van der Waals surface area contributed by atoms with Crippen molar-refractivity contribution < 1.29 is 4.79 Å². The Morgan fingerprint density at radius 2 is 1.85 bits per heavy atom. The Balaban J connectivity index is 0. The van der Waals surface area contributed by atoms with Gasteiger partial charge in [0.1, 0.15) is 0 Å². The number of hydrogen-bond acceptors (Lipinski definition) is 2. The number of rotatable bonds is 5.